The van der Waals surface area contributed by atoms with E-state index < -0.39 is 0 Å². The van der Waals surface area contributed by atoms with Crippen LogP contribution < -0.4 is 5.32 Å². The van der Waals surface area contributed by atoms with Gasteiger partial charge in [0.1, 0.15) is 11.6 Å². The molecule has 0 aliphatic heterocycles. The Hall–Kier alpha value is -1.12. The first kappa shape index (κ1) is 15.3. The average Bonchev–Trinajstić information content (AvgIpc) is 2.45. The number of rotatable bonds is 5. The van der Waals surface area contributed by atoms with E-state index in [2.05, 4.69) is 33.0 Å². The molecule has 1 aliphatic rings. The zero-order valence-corrected chi connectivity index (χ0v) is 13.5. The third-order valence-electron chi connectivity index (χ3n) is 4.51. The van der Waals surface area contributed by atoms with Crippen molar-refractivity contribution in [2.75, 3.05) is 11.9 Å². The van der Waals surface area contributed by atoms with Gasteiger partial charge in [0.25, 0.3) is 0 Å². The predicted molar refractivity (Wildman–Crippen MR) is 85.3 cm³/mol. The molecule has 1 aromatic heterocycles. The molecule has 0 amide bonds. The molecular weight excluding hydrogens is 246 g/mol. The molecule has 1 aliphatic carbocycles. The Morgan fingerprint density at radius 1 is 1.10 bits per heavy atom. The van der Waals surface area contributed by atoms with Crippen LogP contribution in [0.5, 0.6) is 0 Å². The summed E-state index contributed by atoms with van der Waals surface area (Å²) in [4.78, 5) is 9.68. The first-order valence-corrected chi connectivity index (χ1v) is 8.26. The SMILES string of the molecule is CCCNc1nc(C2CCC(C)CC2)nc(C)c1CC. The highest BCUT2D eigenvalue weighted by atomic mass is 15.0. The molecule has 0 spiro atoms. The van der Waals surface area contributed by atoms with E-state index in [0.29, 0.717) is 5.92 Å². The second kappa shape index (κ2) is 7.05. The van der Waals surface area contributed by atoms with Gasteiger partial charge in [0, 0.05) is 23.7 Å². The van der Waals surface area contributed by atoms with E-state index in [-0.39, 0.29) is 0 Å². The topological polar surface area (TPSA) is 37.8 Å². The maximum absolute atomic E-state index is 4.87. The minimum atomic E-state index is 0.568. The van der Waals surface area contributed by atoms with Crippen LogP contribution in [0.1, 0.15) is 75.9 Å². The van der Waals surface area contributed by atoms with Crippen molar-refractivity contribution in [3.8, 4) is 0 Å². The van der Waals surface area contributed by atoms with Gasteiger partial charge in [0.2, 0.25) is 0 Å². The smallest absolute Gasteiger partial charge is 0.134 e. The van der Waals surface area contributed by atoms with Gasteiger partial charge in [-0.1, -0.05) is 33.6 Å². The van der Waals surface area contributed by atoms with Gasteiger partial charge in [-0.25, -0.2) is 9.97 Å². The fourth-order valence-electron chi connectivity index (χ4n) is 3.13. The molecule has 0 radical (unpaired) electrons. The number of hydrogen-bond acceptors (Lipinski definition) is 3. The summed E-state index contributed by atoms with van der Waals surface area (Å²) in [5, 5.41) is 3.49. The lowest BCUT2D eigenvalue weighted by atomic mass is 9.82. The summed E-state index contributed by atoms with van der Waals surface area (Å²) in [6, 6.07) is 0. The number of aromatic nitrogens is 2. The largest absolute Gasteiger partial charge is 0.370 e. The van der Waals surface area contributed by atoms with Crippen molar-refractivity contribution in [1.82, 2.24) is 9.97 Å². The maximum Gasteiger partial charge on any atom is 0.134 e. The van der Waals surface area contributed by atoms with Crippen molar-refractivity contribution in [3.05, 3.63) is 17.1 Å². The van der Waals surface area contributed by atoms with E-state index in [1.54, 1.807) is 0 Å². The summed E-state index contributed by atoms with van der Waals surface area (Å²) in [5.74, 6) is 3.60. The Kier molecular flexibility index (Phi) is 5.38. The molecule has 0 saturated heterocycles. The van der Waals surface area contributed by atoms with E-state index in [0.717, 1.165) is 42.6 Å². The van der Waals surface area contributed by atoms with E-state index in [4.69, 9.17) is 9.97 Å². The summed E-state index contributed by atoms with van der Waals surface area (Å²) in [6.07, 6.45) is 7.27. The highest BCUT2D eigenvalue weighted by Gasteiger charge is 2.23. The Morgan fingerprint density at radius 2 is 1.80 bits per heavy atom. The highest BCUT2D eigenvalue weighted by Crippen LogP contribution is 2.35. The minimum absolute atomic E-state index is 0.568. The number of nitrogens with zero attached hydrogens (tertiary/aromatic N) is 2. The van der Waals surface area contributed by atoms with E-state index in [9.17, 15) is 0 Å². The second-order valence-electron chi connectivity index (χ2n) is 6.23. The van der Waals surface area contributed by atoms with Gasteiger partial charge >= 0.3 is 0 Å². The predicted octanol–water partition coefficient (Wildman–Crippen LogP) is 4.46. The Labute approximate surface area is 123 Å². The average molecular weight is 275 g/mol. The lowest BCUT2D eigenvalue weighted by Gasteiger charge is -2.26. The number of nitrogens with one attached hydrogen (secondary N) is 1. The van der Waals surface area contributed by atoms with Gasteiger partial charge in [-0.3, -0.25) is 0 Å². The lowest BCUT2D eigenvalue weighted by molar-refractivity contribution is 0.339. The monoisotopic (exact) mass is 275 g/mol. The van der Waals surface area contributed by atoms with Crippen LogP contribution in [0.25, 0.3) is 0 Å². The van der Waals surface area contributed by atoms with Crippen LogP contribution in [-0.2, 0) is 6.42 Å². The van der Waals surface area contributed by atoms with Crippen LogP contribution in [0.15, 0.2) is 0 Å². The molecule has 2 rings (SSSR count). The summed E-state index contributed by atoms with van der Waals surface area (Å²) in [7, 11) is 0. The summed E-state index contributed by atoms with van der Waals surface area (Å²) < 4.78 is 0. The van der Waals surface area contributed by atoms with Gasteiger partial charge in [0.15, 0.2) is 0 Å². The highest BCUT2D eigenvalue weighted by molar-refractivity contribution is 5.46. The van der Waals surface area contributed by atoms with Gasteiger partial charge in [-0.15, -0.1) is 0 Å². The van der Waals surface area contributed by atoms with Crippen molar-refractivity contribution in [2.45, 2.75) is 72.1 Å². The van der Waals surface area contributed by atoms with Gasteiger partial charge < -0.3 is 5.32 Å². The third-order valence-corrected chi connectivity index (χ3v) is 4.51. The van der Waals surface area contributed by atoms with Gasteiger partial charge in [-0.05, 0) is 38.5 Å². The fourth-order valence-corrected chi connectivity index (χ4v) is 3.13. The van der Waals surface area contributed by atoms with Gasteiger partial charge in [-0.2, -0.15) is 0 Å². The molecule has 1 fully saturated rings. The normalized spacial score (nSPS) is 22.8. The standard InChI is InChI=1S/C17H29N3/c1-5-11-18-17-15(6-2)13(4)19-16(20-17)14-9-7-12(3)8-10-14/h12,14H,5-11H2,1-4H3,(H,18,19,20). The van der Waals surface area contributed by atoms with E-state index in [1.165, 1.54) is 31.2 Å². The molecule has 112 valence electrons. The van der Waals surface area contributed by atoms with Crippen LogP contribution in [0.4, 0.5) is 5.82 Å². The quantitative estimate of drug-likeness (QED) is 0.862. The van der Waals surface area contributed by atoms with Crippen molar-refractivity contribution in [2.24, 2.45) is 5.92 Å². The molecule has 0 atom stereocenters. The summed E-state index contributed by atoms with van der Waals surface area (Å²) in [6.45, 7) is 9.86. The molecule has 1 heterocycles. The molecule has 1 N–H and O–H groups in total. The minimum Gasteiger partial charge on any atom is -0.370 e. The summed E-state index contributed by atoms with van der Waals surface area (Å²) >= 11 is 0. The molecule has 1 saturated carbocycles. The van der Waals surface area contributed by atoms with Gasteiger partial charge in [0.05, 0.1) is 0 Å². The van der Waals surface area contributed by atoms with Crippen molar-refractivity contribution in [1.29, 1.82) is 0 Å². The molecule has 0 aromatic carbocycles. The molecular formula is C17H29N3. The first-order chi connectivity index (χ1) is 9.65. The molecule has 1 aromatic rings. The zero-order chi connectivity index (χ0) is 14.5. The van der Waals surface area contributed by atoms with Crippen molar-refractivity contribution < 1.29 is 0 Å². The first-order valence-electron chi connectivity index (χ1n) is 8.26. The van der Waals surface area contributed by atoms with Crippen LogP contribution in [0.3, 0.4) is 0 Å². The molecule has 20 heavy (non-hydrogen) atoms. The van der Waals surface area contributed by atoms with Crippen molar-refractivity contribution in [3.63, 3.8) is 0 Å². The third kappa shape index (κ3) is 3.50. The van der Waals surface area contributed by atoms with Crippen molar-refractivity contribution >= 4 is 5.82 Å². The molecule has 3 nitrogen and oxygen atoms in total. The van der Waals surface area contributed by atoms with Crippen LogP contribution in [0, 0.1) is 12.8 Å². The number of aryl methyl sites for hydroxylation is 1. The van der Waals surface area contributed by atoms with Crippen LogP contribution in [0.2, 0.25) is 0 Å². The lowest BCUT2D eigenvalue weighted by Crippen LogP contribution is -2.16. The van der Waals surface area contributed by atoms with E-state index in [1.807, 2.05) is 0 Å². The molecule has 0 bridgehead atoms. The fraction of sp³-hybridized carbons (Fsp3) is 0.765. The molecule has 0 unspecified atom stereocenters. The Morgan fingerprint density at radius 3 is 2.40 bits per heavy atom. The van der Waals surface area contributed by atoms with E-state index >= 15 is 0 Å². The summed E-state index contributed by atoms with van der Waals surface area (Å²) in [5.41, 5.74) is 2.45. The zero-order valence-electron chi connectivity index (χ0n) is 13.5. The number of anilines is 1. The van der Waals surface area contributed by atoms with Crippen LogP contribution >= 0.6 is 0 Å². The maximum atomic E-state index is 4.87. The second-order valence-corrected chi connectivity index (χ2v) is 6.23. The number of hydrogen-bond donors (Lipinski definition) is 1. The van der Waals surface area contributed by atoms with Crippen LogP contribution in [-0.4, -0.2) is 16.5 Å². The molecule has 3 heteroatoms. The Bertz CT molecular complexity index is 434. The Balaban J connectivity index is 2.23.